The summed E-state index contributed by atoms with van der Waals surface area (Å²) in [6.45, 7) is 0.577. The number of amides is 1. The summed E-state index contributed by atoms with van der Waals surface area (Å²) in [4.78, 5) is 21.2. The molecule has 1 aromatic carbocycles. The molecular formula is C22H23N5O2. The minimum absolute atomic E-state index is 0.0233. The number of hydrogen-bond acceptors (Lipinski definition) is 5. The van der Waals surface area contributed by atoms with E-state index in [0.717, 1.165) is 24.8 Å². The van der Waals surface area contributed by atoms with Crippen molar-refractivity contribution in [3.8, 4) is 17.1 Å². The molecule has 4 heterocycles. The van der Waals surface area contributed by atoms with Gasteiger partial charge in [0.15, 0.2) is 5.69 Å². The number of carbonyl (C=O) groups excluding carboxylic acids is 1. The van der Waals surface area contributed by atoms with Gasteiger partial charge in [-0.05, 0) is 25.3 Å². The summed E-state index contributed by atoms with van der Waals surface area (Å²) in [7, 11) is 1.76. The molecule has 2 saturated heterocycles. The Balaban J connectivity index is 1.36. The first-order valence-electron chi connectivity index (χ1n) is 10.0. The molecule has 1 amide bonds. The number of benzene rings is 1. The number of fused-ring (bicyclic) bond motifs is 2. The second kappa shape index (κ2) is 7.31. The van der Waals surface area contributed by atoms with Crippen molar-refractivity contribution in [2.24, 2.45) is 13.0 Å². The van der Waals surface area contributed by atoms with E-state index in [0.29, 0.717) is 29.8 Å². The quantitative estimate of drug-likeness (QED) is 0.671. The molecule has 2 aliphatic rings. The van der Waals surface area contributed by atoms with Gasteiger partial charge in [-0.1, -0.05) is 36.4 Å². The topological polar surface area (TPSA) is 73.1 Å². The summed E-state index contributed by atoms with van der Waals surface area (Å²) >= 11 is 0. The zero-order valence-corrected chi connectivity index (χ0v) is 16.3. The molecule has 148 valence electrons. The van der Waals surface area contributed by atoms with E-state index in [-0.39, 0.29) is 18.0 Å². The molecule has 0 radical (unpaired) electrons. The second-order valence-corrected chi connectivity index (χ2v) is 7.74. The minimum atomic E-state index is -0.0233. The van der Waals surface area contributed by atoms with Crippen LogP contribution in [0.3, 0.4) is 0 Å². The molecule has 0 N–H and O–H groups in total. The lowest BCUT2D eigenvalue weighted by Crippen LogP contribution is -2.38. The number of carbonyl (C=O) groups is 1. The number of hydrogen-bond donors (Lipinski definition) is 0. The van der Waals surface area contributed by atoms with Gasteiger partial charge < -0.3 is 9.64 Å². The number of aryl methyl sites for hydroxylation is 1. The highest BCUT2D eigenvalue weighted by Crippen LogP contribution is 2.43. The predicted molar refractivity (Wildman–Crippen MR) is 107 cm³/mol. The Morgan fingerprint density at radius 1 is 1.10 bits per heavy atom. The van der Waals surface area contributed by atoms with E-state index in [1.807, 2.05) is 53.4 Å². The van der Waals surface area contributed by atoms with Crippen LogP contribution >= 0.6 is 0 Å². The van der Waals surface area contributed by atoms with Crippen LogP contribution in [0.4, 0.5) is 0 Å². The smallest absolute Gasteiger partial charge is 0.277 e. The Hall–Kier alpha value is -3.22. The van der Waals surface area contributed by atoms with E-state index < -0.39 is 0 Å². The zero-order chi connectivity index (χ0) is 19.8. The van der Waals surface area contributed by atoms with Crippen LogP contribution in [0.1, 0.15) is 29.8 Å². The van der Waals surface area contributed by atoms with Crippen LogP contribution in [-0.2, 0) is 7.05 Å². The molecule has 0 spiro atoms. The van der Waals surface area contributed by atoms with Crippen molar-refractivity contribution in [3.63, 3.8) is 0 Å². The lowest BCUT2D eigenvalue weighted by Gasteiger charge is -2.24. The molecular weight excluding hydrogens is 366 g/mol. The van der Waals surface area contributed by atoms with E-state index in [2.05, 4.69) is 15.2 Å². The molecule has 2 fully saturated rings. The maximum Gasteiger partial charge on any atom is 0.277 e. The second-order valence-electron chi connectivity index (χ2n) is 7.74. The first-order valence-corrected chi connectivity index (χ1v) is 10.0. The molecule has 7 nitrogen and oxygen atoms in total. The minimum Gasteiger partial charge on any atom is -0.477 e. The van der Waals surface area contributed by atoms with E-state index in [9.17, 15) is 4.79 Å². The van der Waals surface area contributed by atoms with Crippen LogP contribution in [0.25, 0.3) is 11.3 Å². The summed E-state index contributed by atoms with van der Waals surface area (Å²) in [5.74, 6) is 0.926. The largest absolute Gasteiger partial charge is 0.477 e. The summed E-state index contributed by atoms with van der Waals surface area (Å²) in [5.41, 5.74) is 1.98. The van der Waals surface area contributed by atoms with E-state index in [1.165, 1.54) is 4.80 Å². The van der Waals surface area contributed by atoms with Gasteiger partial charge in [-0.2, -0.15) is 9.90 Å². The fourth-order valence-corrected chi connectivity index (χ4v) is 4.70. The molecule has 7 heteroatoms. The van der Waals surface area contributed by atoms with Crippen molar-refractivity contribution in [1.82, 2.24) is 24.9 Å². The summed E-state index contributed by atoms with van der Waals surface area (Å²) in [6.07, 6.45) is 4.74. The van der Waals surface area contributed by atoms with Gasteiger partial charge in [0.1, 0.15) is 5.69 Å². The Bertz CT molecular complexity index is 1000. The number of aromatic nitrogens is 4. The molecule has 2 bridgehead atoms. The number of pyridine rings is 1. The van der Waals surface area contributed by atoms with Crippen molar-refractivity contribution >= 4 is 5.91 Å². The van der Waals surface area contributed by atoms with Crippen molar-refractivity contribution in [2.75, 3.05) is 6.61 Å². The predicted octanol–water partition coefficient (Wildman–Crippen LogP) is 2.95. The van der Waals surface area contributed by atoms with Gasteiger partial charge in [0.25, 0.3) is 5.91 Å². The molecule has 29 heavy (non-hydrogen) atoms. The van der Waals surface area contributed by atoms with Gasteiger partial charge in [-0.25, -0.2) is 4.98 Å². The van der Waals surface area contributed by atoms with Gasteiger partial charge >= 0.3 is 0 Å². The van der Waals surface area contributed by atoms with Crippen molar-refractivity contribution in [2.45, 2.75) is 31.3 Å². The number of ether oxygens (including phenoxy) is 1. The monoisotopic (exact) mass is 389 g/mol. The zero-order valence-electron chi connectivity index (χ0n) is 16.3. The highest BCUT2D eigenvalue weighted by atomic mass is 16.5. The lowest BCUT2D eigenvalue weighted by molar-refractivity contribution is 0.0704. The SMILES string of the molecule is Cn1nc(C(=O)N2C3CCC2C(COc2ccccn2)C3)c(-c2ccccc2)n1. The van der Waals surface area contributed by atoms with Crippen LogP contribution in [0.5, 0.6) is 5.88 Å². The van der Waals surface area contributed by atoms with Crippen molar-refractivity contribution in [3.05, 3.63) is 60.4 Å². The van der Waals surface area contributed by atoms with Gasteiger partial charge in [0.05, 0.1) is 6.61 Å². The standard InChI is InChI=1S/C22H23N5O2/c1-26-24-20(15-7-3-2-4-8-15)21(25-26)22(28)27-17-10-11-18(27)16(13-17)14-29-19-9-5-6-12-23-19/h2-9,12,16-18H,10-11,13-14H2,1H3. The third-order valence-corrected chi connectivity index (χ3v) is 5.95. The normalized spacial score (nSPS) is 22.8. The summed E-state index contributed by atoms with van der Waals surface area (Å²) in [6, 6.07) is 15.8. The highest BCUT2D eigenvalue weighted by Gasteiger charge is 2.49. The summed E-state index contributed by atoms with van der Waals surface area (Å²) < 4.78 is 5.89. The van der Waals surface area contributed by atoms with E-state index in [1.54, 1.807) is 13.2 Å². The van der Waals surface area contributed by atoms with E-state index >= 15 is 0 Å². The fraction of sp³-hybridized carbons (Fsp3) is 0.364. The molecule has 0 saturated carbocycles. The maximum absolute atomic E-state index is 13.5. The van der Waals surface area contributed by atoms with Crippen LogP contribution in [-0.4, -0.2) is 49.5 Å². The summed E-state index contributed by atoms with van der Waals surface area (Å²) in [5, 5.41) is 8.88. The number of nitrogens with zero attached hydrogens (tertiary/aromatic N) is 5. The molecule has 2 aromatic heterocycles. The average Bonchev–Trinajstić information content (AvgIpc) is 3.45. The van der Waals surface area contributed by atoms with E-state index in [4.69, 9.17) is 4.74 Å². The molecule has 0 aliphatic carbocycles. The van der Waals surface area contributed by atoms with Crippen LogP contribution in [0, 0.1) is 5.92 Å². The molecule has 2 aliphatic heterocycles. The first-order chi connectivity index (χ1) is 14.2. The highest BCUT2D eigenvalue weighted by molar-refractivity contribution is 5.98. The van der Waals surface area contributed by atoms with Crippen LogP contribution < -0.4 is 4.74 Å². The van der Waals surface area contributed by atoms with Gasteiger partial charge in [-0.3, -0.25) is 4.79 Å². The molecule has 3 atom stereocenters. The Kier molecular flexibility index (Phi) is 4.50. The molecule has 5 rings (SSSR count). The Morgan fingerprint density at radius 3 is 2.72 bits per heavy atom. The maximum atomic E-state index is 13.5. The Morgan fingerprint density at radius 2 is 1.93 bits per heavy atom. The van der Waals surface area contributed by atoms with Gasteiger partial charge in [-0.15, -0.1) is 5.10 Å². The Labute approximate surface area is 169 Å². The molecule has 3 aromatic rings. The van der Waals surface area contributed by atoms with Crippen molar-refractivity contribution in [1.29, 1.82) is 0 Å². The van der Waals surface area contributed by atoms with Gasteiger partial charge in [0.2, 0.25) is 5.88 Å². The average molecular weight is 389 g/mol. The van der Waals surface area contributed by atoms with Gasteiger partial charge in [0, 0.05) is 42.9 Å². The third-order valence-electron chi connectivity index (χ3n) is 5.95. The third kappa shape index (κ3) is 3.26. The molecule has 3 unspecified atom stereocenters. The first kappa shape index (κ1) is 17.8. The van der Waals surface area contributed by atoms with Crippen LogP contribution in [0.2, 0.25) is 0 Å². The van der Waals surface area contributed by atoms with Crippen LogP contribution in [0.15, 0.2) is 54.7 Å². The lowest BCUT2D eigenvalue weighted by atomic mass is 9.90. The fourth-order valence-electron chi connectivity index (χ4n) is 4.70. The number of rotatable bonds is 5. The van der Waals surface area contributed by atoms with Crippen molar-refractivity contribution < 1.29 is 9.53 Å².